The van der Waals surface area contributed by atoms with Crippen molar-refractivity contribution in [3.63, 3.8) is 0 Å². The fourth-order valence-corrected chi connectivity index (χ4v) is 1.32. The van der Waals surface area contributed by atoms with Gasteiger partial charge < -0.3 is 10.4 Å². The summed E-state index contributed by atoms with van der Waals surface area (Å²) in [6.07, 6.45) is 0. The van der Waals surface area contributed by atoms with Crippen LogP contribution in [0.4, 0.5) is 0 Å². The highest BCUT2D eigenvalue weighted by Gasteiger charge is 2.26. The summed E-state index contributed by atoms with van der Waals surface area (Å²) in [5.41, 5.74) is 0. The molecule has 0 aromatic carbocycles. The van der Waals surface area contributed by atoms with Gasteiger partial charge in [0.15, 0.2) is 0 Å². The van der Waals surface area contributed by atoms with Crippen LogP contribution in [0.15, 0.2) is 0 Å². The van der Waals surface area contributed by atoms with Crippen molar-refractivity contribution in [2.75, 3.05) is 32.8 Å². The van der Waals surface area contributed by atoms with Crippen LogP contribution in [0.1, 0.15) is 0 Å². The molecule has 0 saturated carbocycles. The number of amides is 1. The highest BCUT2D eigenvalue weighted by atomic mass is 16.3. The Morgan fingerprint density at radius 1 is 1.69 bits per heavy atom. The summed E-state index contributed by atoms with van der Waals surface area (Å²) in [6, 6.07) is 1.84. The molecule has 0 aromatic rings. The average Bonchev–Trinajstić information content (AvgIpc) is 2.07. The van der Waals surface area contributed by atoms with Crippen LogP contribution in [0.5, 0.6) is 0 Å². The van der Waals surface area contributed by atoms with Crippen LogP contribution in [0, 0.1) is 17.2 Å². The Labute approximate surface area is 76.9 Å². The first kappa shape index (κ1) is 9.96. The number of carbonyl (C=O) groups excluding carboxylic acids is 1. The smallest absolute Gasteiger partial charge is 0.235 e. The lowest BCUT2D eigenvalue weighted by Crippen LogP contribution is -2.52. The average molecular weight is 183 g/mol. The van der Waals surface area contributed by atoms with Gasteiger partial charge in [0.2, 0.25) is 5.91 Å². The molecule has 0 atom stereocenters. The fraction of sp³-hybridized carbons (Fsp3) is 0.750. The molecular weight excluding hydrogens is 170 g/mol. The summed E-state index contributed by atoms with van der Waals surface area (Å²) in [5, 5.41) is 19.4. The molecule has 0 bridgehead atoms. The largest absolute Gasteiger partial charge is 0.396 e. The Balaban J connectivity index is 2.07. The maximum Gasteiger partial charge on any atom is 0.235 e. The van der Waals surface area contributed by atoms with Crippen LogP contribution in [0.3, 0.4) is 0 Å². The second-order valence-electron chi connectivity index (χ2n) is 3.18. The number of rotatable bonds is 4. The first-order valence-corrected chi connectivity index (χ1v) is 4.23. The van der Waals surface area contributed by atoms with Gasteiger partial charge in [-0.2, -0.15) is 5.26 Å². The Kier molecular flexibility index (Phi) is 3.68. The lowest BCUT2D eigenvalue weighted by Gasteiger charge is -2.37. The molecule has 1 rings (SSSR count). The van der Waals surface area contributed by atoms with Crippen molar-refractivity contribution in [3.05, 3.63) is 0 Å². The number of carbonyl (C=O) groups is 1. The van der Waals surface area contributed by atoms with E-state index in [9.17, 15) is 4.79 Å². The van der Waals surface area contributed by atoms with E-state index >= 15 is 0 Å². The second-order valence-corrected chi connectivity index (χ2v) is 3.18. The van der Waals surface area contributed by atoms with Crippen LogP contribution in [0.2, 0.25) is 0 Å². The van der Waals surface area contributed by atoms with Crippen LogP contribution < -0.4 is 5.32 Å². The van der Waals surface area contributed by atoms with Crippen molar-refractivity contribution >= 4 is 5.91 Å². The Hall–Kier alpha value is -1.12. The monoisotopic (exact) mass is 183 g/mol. The van der Waals surface area contributed by atoms with Crippen molar-refractivity contribution in [2.45, 2.75) is 0 Å². The first-order chi connectivity index (χ1) is 6.26. The zero-order chi connectivity index (χ0) is 9.68. The first-order valence-electron chi connectivity index (χ1n) is 4.23. The number of aliphatic hydroxyl groups excluding tert-OH is 1. The third-order valence-electron chi connectivity index (χ3n) is 2.02. The highest BCUT2D eigenvalue weighted by molar-refractivity contribution is 5.78. The van der Waals surface area contributed by atoms with Gasteiger partial charge in [-0.3, -0.25) is 9.69 Å². The molecule has 1 aliphatic rings. The maximum absolute atomic E-state index is 11.0. The summed E-state index contributed by atoms with van der Waals surface area (Å²) in [4.78, 5) is 13.0. The van der Waals surface area contributed by atoms with Gasteiger partial charge in [-0.25, -0.2) is 0 Å². The van der Waals surface area contributed by atoms with Crippen molar-refractivity contribution in [1.29, 1.82) is 5.26 Å². The van der Waals surface area contributed by atoms with E-state index in [1.165, 1.54) is 0 Å². The van der Waals surface area contributed by atoms with Crippen LogP contribution in [0.25, 0.3) is 0 Å². The summed E-state index contributed by atoms with van der Waals surface area (Å²) < 4.78 is 0. The zero-order valence-corrected chi connectivity index (χ0v) is 7.36. The minimum Gasteiger partial charge on any atom is -0.396 e. The normalized spacial score (nSPS) is 17.5. The predicted octanol–water partition coefficient (Wildman–Crippen LogP) is -1.45. The molecule has 5 nitrogen and oxygen atoms in total. The zero-order valence-electron chi connectivity index (χ0n) is 7.36. The molecule has 0 unspecified atom stereocenters. The fourth-order valence-electron chi connectivity index (χ4n) is 1.32. The van der Waals surface area contributed by atoms with E-state index in [-0.39, 0.29) is 19.1 Å². The number of nitrogens with zero attached hydrogens (tertiary/aromatic N) is 2. The number of likely N-dealkylation sites (tertiary alicyclic amines) is 1. The van der Waals surface area contributed by atoms with Gasteiger partial charge in [0.1, 0.15) is 6.54 Å². The molecule has 13 heavy (non-hydrogen) atoms. The molecule has 0 spiro atoms. The minimum atomic E-state index is -0.127. The highest BCUT2D eigenvalue weighted by Crippen LogP contribution is 2.12. The van der Waals surface area contributed by atoms with Gasteiger partial charge in [-0.1, -0.05) is 0 Å². The van der Waals surface area contributed by atoms with E-state index in [1.54, 1.807) is 0 Å². The van der Waals surface area contributed by atoms with Gasteiger partial charge in [0, 0.05) is 25.6 Å². The van der Waals surface area contributed by atoms with Crippen molar-refractivity contribution in [2.24, 2.45) is 5.92 Å². The summed E-state index contributed by atoms with van der Waals surface area (Å²) >= 11 is 0. The number of hydrogen-bond donors (Lipinski definition) is 2. The van der Waals surface area contributed by atoms with Crippen molar-refractivity contribution < 1.29 is 9.90 Å². The molecule has 1 fully saturated rings. The van der Waals surface area contributed by atoms with Gasteiger partial charge in [0.25, 0.3) is 0 Å². The van der Waals surface area contributed by atoms with Crippen molar-refractivity contribution in [3.8, 4) is 6.07 Å². The number of nitriles is 1. The van der Waals surface area contributed by atoms with Gasteiger partial charge in [-0.05, 0) is 0 Å². The molecule has 0 aromatic heterocycles. The molecule has 1 aliphatic heterocycles. The molecule has 5 heteroatoms. The van der Waals surface area contributed by atoms with Gasteiger partial charge in [0.05, 0.1) is 12.6 Å². The Bertz CT molecular complexity index is 218. The maximum atomic E-state index is 11.0. The topological polar surface area (TPSA) is 76.4 Å². The molecule has 2 N–H and O–H groups in total. The number of nitrogens with one attached hydrogen (secondary N) is 1. The Morgan fingerprint density at radius 2 is 2.38 bits per heavy atom. The van der Waals surface area contributed by atoms with E-state index in [1.807, 2.05) is 11.0 Å². The van der Waals surface area contributed by atoms with Crippen LogP contribution >= 0.6 is 0 Å². The summed E-state index contributed by atoms with van der Waals surface area (Å²) in [6.45, 7) is 2.14. The summed E-state index contributed by atoms with van der Waals surface area (Å²) in [7, 11) is 0. The molecule has 1 saturated heterocycles. The molecule has 0 radical (unpaired) electrons. The van der Waals surface area contributed by atoms with E-state index in [2.05, 4.69) is 5.32 Å². The standard InChI is InChI=1S/C8H13N3O2/c9-1-2-10-8(13)5-11-3-7(4-11)6-12/h7,12H,2-6H2,(H,10,13). The summed E-state index contributed by atoms with van der Waals surface area (Å²) in [5.74, 6) is 0.196. The lowest BCUT2D eigenvalue weighted by molar-refractivity contribution is -0.123. The lowest BCUT2D eigenvalue weighted by atomic mass is 10.0. The van der Waals surface area contributed by atoms with E-state index in [4.69, 9.17) is 10.4 Å². The molecule has 72 valence electrons. The predicted molar refractivity (Wildman–Crippen MR) is 45.6 cm³/mol. The van der Waals surface area contributed by atoms with E-state index in [0.717, 1.165) is 13.1 Å². The second kappa shape index (κ2) is 4.80. The number of hydrogen-bond acceptors (Lipinski definition) is 4. The van der Waals surface area contributed by atoms with Crippen molar-refractivity contribution in [1.82, 2.24) is 10.2 Å². The van der Waals surface area contributed by atoms with Gasteiger partial charge >= 0.3 is 0 Å². The molecular formula is C8H13N3O2. The Morgan fingerprint density at radius 3 is 2.92 bits per heavy atom. The minimum absolute atomic E-state index is 0.0656. The van der Waals surface area contributed by atoms with Crippen LogP contribution in [-0.2, 0) is 4.79 Å². The third-order valence-corrected chi connectivity index (χ3v) is 2.02. The van der Waals surface area contributed by atoms with E-state index < -0.39 is 0 Å². The number of aliphatic hydroxyl groups is 1. The molecule has 0 aliphatic carbocycles. The van der Waals surface area contributed by atoms with E-state index in [0.29, 0.717) is 12.5 Å². The SMILES string of the molecule is N#CCNC(=O)CN1CC(CO)C1. The molecule has 1 heterocycles. The quantitative estimate of drug-likeness (QED) is 0.523. The van der Waals surface area contributed by atoms with Crippen LogP contribution in [-0.4, -0.2) is 48.7 Å². The third kappa shape index (κ3) is 3.01. The van der Waals surface area contributed by atoms with Gasteiger partial charge in [-0.15, -0.1) is 0 Å². The molecule has 1 amide bonds.